The number of amides is 1. The lowest BCUT2D eigenvalue weighted by Crippen LogP contribution is -2.43. The Morgan fingerprint density at radius 2 is 1.81 bits per heavy atom. The molecule has 3 rings (SSSR count). The predicted octanol–water partition coefficient (Wildman–Crippen LogP) is -0.184. The minimum Gasteiger partial charge on any atom is -0.378 e. The highest BCUT2D eigenvalue weighted by Gasteiger charge is 2.16. The van der Waals surface area contributed by atoms with Crippen molar-refractivity contribution in [2.24, 2.45) is 14.1 Å². The van der Waals surface area contributed by atoms with Crippen LogP contribution in [0.1, 0.15) is 5.56 Å². The van der Waals surface area contributed by atoms with Gasteiger partial charge in [0.05, 0.1) is 6.33 Å². The molecule has 9 heteroatoms. The van der Waals surface area contributed by atoms with Gasteiger partial charge in [-0.15, -0.1) is 0 Å². The monoisotopic (exact) mass is 370 g/mol. The average molecular weight is 370 g/mol. The lowest BCUT2D eigenvalue weighted by atomic mass is 10.2. The fourth-order valence-corrected chi connectivity index (χ4v) is 2.85. The topological polar surface area (TPSA) is 94.2 Å². The molecular weight excluding hydrogens is 348 g/mol. The van der Waals surface area contributed by atoms with E-state index < -0.39 is 17.2 Å². The summed E-state index contributed by atoms with van der Waals surface area (Å²) >= 11 is 0. The number of imidazole rings is 1. The summed E-state index contributed by atoms with van der Waals surface area (Å²) in [5.74, 6) is -0.410. The number of carbonyl (C=O) groups excluding carboxylic acids is 1. The zero-order valence-corrected chi connectivity index (χ0v) is 15.8. The first-order valence-corrected chi connectivity index (χ1v) is 8.43. The van der Waals surface area contributed by atoms with Gasteiger partial charge >= 0.3 is 5.69 Å². The molecule has 27 heavy (non-hydrogen) atoms. The summed E-state index contributed by atoms with van der Waals surface area (Å²) in [5.41, 5.74) is 1.46. The Morgan fingerprint density at radius 1 is 1.15 bits per heavy atom. The van der Waals surface area contributed by atoms with E-state index in [-0.39, 0.29) is 12.1 Å². The van der Waals surface area contributed by atoms with Gasteiger partial charge in [-0.1, -0.05) is 12.1 Å². The summed E-state index contributed by atoms with van der Waals surface area (Å²) in [5, 5.41) is 2.74. The third-order valence-corrected chi connectivity index (χ3v) is 4.45. The van der Waals surface area contributed by atoms with Gasteiger partial charge in [0.2, 0.25) is 5.91 Å². The van der Waals surface area contributed by atoms with Crippen LogP contribution in [-0.2, 0) is 32.0 Å². The number of aromatic nitrogens is 4. The molecule has 0 aliphatic heterocycles. The summed E-state index contributed by atoms with van der Waals surface area (Å²) in [6, 6.07) is 7.75. The molecule has 0 atom stereocenters. The molecule has 0 unspecified atom stereocenters. The largest absolute Gasteiger partial charge is 0.378 e. The molecule has 2 heterocycles. The molecule has 1 amide bonds. The van der Waals surface area contributed by atoms with E-state index in [1.807, 2.05) is 43.3 Å². The Bertz CT molecular complexity index is 1110. The fourth-order valence-electron chi connectivity index (χ4n) is 2.85. The number of fused-ring (bicyclic) bond motifs is 1. The van der Waals surface area contributed by atoms with Crippen molar-refractivity contribution in [2.45, 2.75) is 13.1 Å². The number of nitrogens with one attached hydrogen (secondary N) is 1. The predicted molar refractivity (Wildman–Crippen MR) is 103 cm³/mol. The van der Waals surface area contributed by atoms with E-state index in [9.17, 15) is 14.4 Å². The van der Waals surface area contributed by atoms with Crippen molar-refractivity contribution >= 4 is 22.8 Å². The highest BCUT2D eigenvalue weighted by atomic mass is 16.2. The van der Waals surface area contributed by atoms with Gasteiger partial charge in [-0.3, -0.25) is 14.2 Å². The molecule has 0 aliphatic carbocycles. The van der Waals surface area contributed by atoms with Crippen LogP contribution in [0.3, 0.4) is 0 Å². The lowest BCUT2D eigenvalue weighted by molar-refractivity contribution is -0.121. The Kier molecular flexibility index (Phi) is 4.85. The smallest absolute Gasteiger partial charge is 0.332 e. The molecule has 0 fully saturated rings. The molecule has 0 saturated heterocycles. The number of carbonyl (C=O) groups is 1. The van der Waals surface area contributed by atoms with Crippen LogP contribution < -0.4 is 21.5 Å². The maximum absolute atomic E-state index is 12.6. The number of hydrogen-bond donors (Lipinski definition) is 1. The fraction of sp³-hybridized carbons (Fsp3) is 0.333. The van der Waals surface area contributed by atoms with E-state index in [0.717, 1.165) is 15.8 Å². The normalized spacial score (nSPS) is 11.0. The maximum Gasteiger partial charge on any atom is 0.332 e. The first kappa shape index (κ1) is 18.4. The van der Waals surface area contributed by atoms with Crippen molar-refractivity contribution in [2.75, 3.05) is 19.0 Å². The molecule has 2 aromatic heterocycles. The highest BCUT2D eigenvalue weighted by molar-refractivity contribution is 5.76. The molecular formula is C18H22N6O3. The lowest BCUT2D eigenvalue weighted by Gasteiger charge is -2.13. The Labute approximate surface area is 155 Å². The van der Waals surface area contributed by atoms with Crippen molar-refractivity contribution < 1.29 is 4.79 Å². The SMILES string of the molecule is CN(C)c1ccc(CNC(=O)Cn2c(=O)c3c(ncn3C)n(C)c2=O)cc1. The molecule has 142 valence electrons. The van der Waals surface area contributed by atoms with Crippen LogP contribution in [0, 0.1) is 0 Å². The second-order valence-corrected chi connectivity index (χ2v) is 6.60. The molecule has 0 spiro atoms. The quantitative estimate of drug-likeness (QED) is 0.672. The van der Waals surface area contributed by atoms with Crippen molar-refractivity contribution in [3.05, 3.63) is 57.0 Å². The summed E-state index contributed by atoms with van der Waals surface area (Å²) in [7, 11) is 7.10. The number of hydrogen-bond acceptors (Lipinski definition) is 5. The van der Waals surface area contributed by atoms with E-state index >= 15 is 0 Å². The average Bonchev–Trinajstić information content (AvgIpc) is 3.04. The van der Waals surface area contributed by atoms with E-state index in [1.54, 1.807) is 7.05 Å². The van der Waals surface area contributed by atoms with Gasteiger partial charge in [-0.05, 0) is 17.7 Å². The van der Waals surface area contributed by atoms with Gasteiger partial charge in [-0.25, -0.2) is 14.3 Å². The third kappa shape index (κ3) is 3.48. The summed E-state index contributed by atoms with van der Waals surface area (Å²) in [4.78, 5) is 43.3. The first-order valence-electron chi connectivity index (χ1n) is 8.43. The second kappa shape index (κ2) is 7.10. The van der Waals surface area contributed by atoms with Crippen LogP contribution in [0.15, 0.2) is 40.2 Å². The zero-order valence-electron chi connectivity index (χ0n) is 15.8. The molecule has 0 bridgehead atoms. The van der Waals surface area contributed by atoms with Gasteiger partial charge in [-0.2, -0.15) is 0 Å². The van der Waals surface area contributed by atoms with E-state index in [4.69, 9.17) is 0 Å². The number of rotatable bonds is 5. The van der Waals surface area contributed by atoms with Crippen molar-refractivity contribution in [3.8, 4) is 0 Å². The molecule has 1 N–H and O–H groups in total. The Balaban J connectivity index is 1.77. The Hall–Kier alpha value is -3.36. The van der Waals surface area contributed by atoms with E-state index in [0.29, 0.717) is 12.2 Å². The van der Waals surface area contributed by atoms with E-state index in [1.165, 1.54) is 22.5 Å². The molecule has 1 aromatic carbocycles. The molecule has 3 aromatic rings. The van der Waals surface area contributed by atoms with Gasteiger partial charge in [0.1, 0.15) is 6.54 Å². The number of anilines is 1. The third-order valence-electron chi connectivity index (χ3n) is 4.45. The maximum atomic E-state index is 12.6. The zero-order chi connectivity index (χ0) is 19.7. The van der Waals surface area contributed by atoms with Crippen molar-refractivity contribution in [3.63, 3.8) is 0 Å². The van der Waals surface area contributed by atoms with Crippen LogP contribution in [0.2, 0.25) is 0 Å². The molecule has 0 saturated carbocycles. The van der Waals surface area contributed by atoms with Crippen LogP contribution in [-0.4, -0.2) is 38.7 Å². The van der Waals surface area contributed by atoms with Crippen LogP contribution in [0.5, 0.6) is 0 Å². The summed E-state index contributed by atoms with van der Waals surface area (Å²) in [6.45, 7) is -0.0298. The summed E-state index contributed by atoms with van der Waals surface area (Å²) < 4.78 is 3.73. The molecule has 0 aliphatic rings. The van der Waals surface area contributed by atoms with Crippen LogP contribution >= 0.6 is 0 Å². The minimum absolute atomic E-state index is 0.282. The number of nitrogens with zero attached hydrogens (tertiary/aromatic N) is 5. The second-order valence-electron chi connectivity index (χ2n) is 6.60. The Morgan fingerprint density at radius 3 is 2.44 bits per heavy atom. The van der Waals surface area contributed by atoms with Crippen molar-refractivity contribution in [1.29, 1.82) is 0 Å². The van der Waals surface area contributed by atoms with Gasteiger partial charge in [0, 0.05) is 40.4 Å². The number of benzene rings is 1. The minimum atomic E-state index is -0.573. The number of aryl methyl sites for hydroxylation is 2. The molecule has 9 nitrogen and oxygen atoms in total. The standard InChI is InChI=1S/C18H22N6O3/c1-21(2)13-7-5-12(6-8-13)9-19-14(25)10-24-17(26)15-16(20-11-22(15)3)23(4)18(24)27/h5-8,11H,9-10H2,1-4H3,(H,19,25). The first-order chi connectivity index (χ1) is 12.8. The van der Waals surface area contributed by atoms with Crippen LogP contribution in [0.25, 0.3) is 11.2 Å². The van der Waals surface area contributed by atoms with Gasteiger partial charge < -0.3 is 14.8 Å². The van der Waals surface area contributed by atoms with Gasteiger partial charge in [0.25, 0.3) is 5.56 Å². The molecule has 0 radical (unpaired) electrons. The van der Waals surface area contributed by atoms with Crippen molar-refractivity contribution in [1.82, 2.24) is 24.0 Å². The summed E-state index contributed by atoms with van der Waals surface area (Å²) in [6.07, 6.45) is 1.47. The van der Waals surface area contributed by atoms with E-state index in [2.05, 4.69) is 10.3 Å². The van der Waals surface area contributed by atoms with Gasteiger partial charge in [0.15, 0.2) is 11.2 Å². The van der Waals surface area contributed by atoms with Crippen LogP contribution in [0.4, 0.5) is 5.69 Å². The highest BCUT2D eigenvalue weighted by Crippen LogP contribution is 2.11.